The zero-order chi connectivity index (χ0) is 18.4. The van der Waals surface area contributed by atoms with Gasteiger partial charge in [0.05, 0.1) is 13.0 Å². The van der Waals surface area contributed by atoms with Crippen molar-refractivity contribution < 1.29 is 19.4 Å². The first-order chi connectivity index (χ1) is 12.6. The highest BCUT2D eigenvalue weighted by Crippen LogP contribution is 2.15. The van der Waals surface area contributed by atoms with E-state index in [4.69, 9.17) is 9.84 Å². The molecule has 3 rings (SSSR count). The third kappa shape index (κ3) is 4.82. The van der Waals surface area contributed by atoms with Crippen LogP contribution < -0.4 is 10.1 Å². The lowest BCUT2D eigenvalue weighted by Gasteiger charge is -2.08. The zero-order valence-electron chi connectivity index (χ0n) is 14.1. The number of hydrogen-bond acceptors (Lipinski definition) is 5. The van der Waals surface area contributed by atoms with E-state index in [0.717, 1.165) is 16.2 Å². The summed E-state index contributed by atoms with van der Waals surface area (Å²) >= 11 is 1.51. The Labute approximate surface area is 154 Å². The van der Waals surface area contributed by atoms with Crippen molar-refractivity contribution in [3.8, 4) is 5.75 Å². The second-order valence-electron chi connectivity index (χ2n) is 5.75. The minimum Gasteiger partial charge on any atom is -0.494 e. The minimum absolute atomic E-state index is 0.0487. The van der Waals surface area contributed by atoms with Gasteiger partial charge in [0.25, 0.3) is 0 Å². The summed E-state index contributed by atoms with van der Waals surface area (Å²) < 4.78 is 7.40. The third-order valence-corrected chi connectivity index (χ3v) is 4.68. The van der Waals surface area contributed by atoms with Crippen molar-refractivity contribution in [2.24, 2.45) is 0 Å². The van der Waals surface area contributed by atoms with Gasteiger partial charge in [-0.25, -0.2) is 4.98 Å². The lowest BCUT2D eigenvalue weighted by molar-refractivity contribution is -0.137. The lowest BCUT2D eigenvalue weighted by atomic mass is 10.2. The van der Waals surface area contributed by atoms with Crippen LogP contribution in [0.5, 0.6) is 5.75 Å². The Morgan fingerprint density at radius 1 is 1.27 bits per heavy atom. The van der Waals surface area contributed by atoms with Crippen LogP contribution in [0.25, 0.3) is 4.96 Å². The highest BCUT2D eigenvalue weighted by molar-refractivity contribution is 7.15. The molecule has 0 saturated carbocycles. The second kappa shape index (κ2) is 8.48. The molecule has 0 atom stereocenters. The number of carbonyl (C=O) groups is 2. The predicted molar refractivity (Wildman–Crippen MR) is 97.4 cm³/mol. The Morgan fingerprint density at radius 3 is 2.85 bits per heavy atom. The smallest absolute Gasteiger partial charge is 0.303 e. The van der Waals surface area contributed by atoms with Crippen LogP contribution in [0.15, 0.2) is 42.0 Å². The van der Waals surface area contributed by atoms with Crippen LogP contribution in [0.4, 0.5) is 0 Å². The van der Waals surface area contributed by atoms with Gasteiger partial charge in [-0.15, -0.1) is 11.3 Å². The summed E-state index contributed by atoms with van der Waals surface area (Å²) in [6, 6.07) is 7.39. The van der Waals surface area contributed by atoms with Crippen LogP contribution in [0, 0.1) is 0 Å². The maximum atomic E-state index is 12.1. The van der Waals surface area contributed by atoms with Crippen LogP contribution in [-0.4, -0.2) is 33.0 Å². The minimum atomic E-state index is -0.823. The summed E-state index contributed by atoms with van der Waals surface area (Å²) in [5, 5.41) is 13.4. The van der Waals surface area contributed by atoms with E-state index >= 15 is 0 Å². The first kappa shape index (κ1) is 17.9. The molecule has 0 aliphatic heterocycles. The fourth-order valence-corrected chi connectivity index (χ4v) is 3.30. The lowest BCUT2D eigenvalue weighted by Crippen LogP contribution is -2.24. The summed E-state index contributed by atoms with van der Waals surface area (Å²) in [5.74, 6) is -0.186. The molecule has 136 valence electrons. The number of fused-ring (bicyclic) bond motifs is 1. The molecule has 1 aromatic carbocycles. The third-order valence-electron chi connectivity index (χ3n) is 3.78. The number of carboxylic acid groups (broad SMARTS) is 1. The average Bonchev–Trinajstić information content (AvgIpc) is 3.23. The molecule has 26 heavy (non-hydrogen) atoms. The number of ether oxygens (including phenoxy) is 1. The fourth-order valence-electron chi connectivity index (χ4n) is 2.44. The number of thiazole rings is 1. The number of nitrogens with zero attached hydrogens (tertiary/aromatic N) is 2. The molecule has 2 N–H and O–H groups in total. The SMILES string of the molecule is O=C(O)CCCOc1ccc(CNC(=O)Cc2csc3nccn23)cc1. The number of carbonyl (C=O) groups excluding carboxylic acids is 1. The molecule has 0 aliphatic rings. The van der Waals surface area contributed by atoms with Crippen LogP contribution in [-0.2, 0) is 22.6 Å². The summed E-state index contributed by atoms with van der Waals surface area (Å²) in [7, 11) is 0. The number of aliphatic carboxylic acids is 1. The van der Waals surface area contributed by atoms with Crippen molar-refractivity contribution >= 4 is 28.2 Å². The van der Waals surface area contributed by atoms with Crippen molar-refractivity contribution in [2.75, 3.05) is 6.61 Å². The standard InChI is InChI=1S/C18H19N3O4S/c22-16(10-14-12-26-18-19-7-8-21(14)18)20-11-13-3-5-15(6-4-13)25-9-1-2-17(23)24/h3-8,12H,1-2,9-11H2,(H,20,22)(H,23,24). The summed E-state index contributed by atoms with van der Waals surface area (Å²) in [5.41, 5.74) is 1.89. The highest BCUT2D eigenvalue weighted by Gasteiger charge is 2.09. The van der Waals surface area contributed by atoms with Gasteiger partial charge in [-0.05, 0) is 24.1 Å². The summed E-state index contributed by atoms with van der Waals surface area (Å²) in [6.07, 6.45) is 4.45. The average molecular weight is 373 g/mol. The predicted octanol–water partition coefficient (Wildman–Crippen LogP) is 2.50. The molecule has 8 heteroatoms. The van der Waals surface area contributed by atoms with E-state index in [0.29, 0.717) is 31.7 Å². The highest BCUT2D eigenvalue weighted by atomic mass is 32.1. The quantitative estimate of drug-likeness (QED) is 0.562. The van der Waals surface area contributed by atoms with Crippen molar-refractivity contribution in [1.29, 1.82) is 0 Å². The number of benzene rings is 1. The molecule has 0 spiro atoms. The first-order valence-corrected chi connectivity index (χ1v) is 9.09. The molecular weight excluding hydrogens is 354 g/mol. The molecule has 0 saturated heterocycles. The summed E-state index contributed by atoms with van der Waals surface area (Å²) in [4.78, 5) is 27.6. The first-order valence-electron chi connectivity index (χ1n) is 8.21. The number of amides is 1. The second-order valence-corrected chi connectivity index (χ2v) is 6.59. The van der Waals surface area contributed by atoms with E-state index in [1.54, 1.807) is 6.20 Å². The van der Waals surface area contributed by atoms with E-state index < -0.39 is 5.97 Å². The molecule has 1 amide bonds. The fraction of sp³-hybridized carbons (Fsp3) is 0.278. The number of nitrogens with one attached hydrogen (secondary N) is 1. The van der Waals surface area contributed by atoms with Gasteiger partial charge in [-0.2, -0.15) is 0 Å². The molecule has 0 bridgehead atoms. The van der Waals surface area contributed by atoms with E-state index in [2.05, 4.69) is 10.3 Å². The Bertz CT molecular complexity index is 885. The van der Waals surface area contributed by atoms with Gasteiger partial charge in [0.1, 0.15) is 5.75 Å². The van der Waals surface area contributed by atoms with Crippen LogP contribution >= 0.6 is 11.3 Å². The molecule has 0 fully saturated rings. The van der Waals surface area contributed by atoms with Gasteiger partial charge >= 0.3 is 5.97 Å². The van der Waals surface area contributed by atoms with Gasteiger partial charge in [0.15, 0.2) is 4.96 Å². The van der Waals surface area contributed by atoms with Crippen LogP contribution in [0.2, 0.25) is 0 Å². The van der Waals surface area contributed by atoms with Crippen molar-refractivity contribution in [3.05, 3.63) is 53.3 Å². The largest absolute Gasteiger partial charge is 0.494 e. The van der Waals surface area contributed by atoms with Gasteiger partial charge in [-0.1, -0.05) is 12.1 Å². The van der Waals surface area contributed by atoms with Crippen LogP contribution in [0.3, 0.4) is 0 Å². The molecular formula is C18H19N3O4S. The normalized spacial score (nSPS) is 10.8. The molecule has 7 nitrogen and oxygen atoms in total. The topological polar surface area (TPSA) is 92.9 Å². The summed E-state index contributed by atoms with van der Waals surface area (Å²) in [6.45, 7) is 0.807. The van der Waals surface area contributed by atoms with Gasteiger partial charge in [0.2, 0.25) is 5.91 Å². The number of hydrogen-bond donors (Lipinski definition) is 2. The van der Waals surface area contributed by atoms with Crippen molar-refractivity contribution in [2.45, 2.75) is 25.8 Å². The Hall–Kier alpha value is -2.87. The number of carboxylic acids is 1. The maximum absolute atomic E-state index is 12.1. The molecule has 3 aromatic rings. The van der Waals surface area contributed by atoms with E-state index in [-0.39, 0.29) is 12.3 Å². The molecule has 2 aromatic heterocycles. The van der Waals surface area contributed by atoms with E-state index in [1.165, 1.54) is 11.3 Å². The van der Waals surface area contributed by atoms with E-state index in [1.807, 2.05) is 40.2 Å². The number of imidazole rings is 1. The molecule has 0 radical (unpaired) electrons. The number of rotatable bonds is 9. The van der Waals surface area contributed by atoms with Gasteiger partial charge in [-0.3, -0.25) is 14.0 Å². The Kier molecular flexibility index (Phi) is 5.85. The van der Waals surface area contributed by atoms with Gasteiger partial charge in [0, 0.05) is 36.4 Å². The monoisotopic (exact) mass is 373 g/mol. The zero-order valence-corrected chi connectivity index (χ0v) is 14.9. The Balaban J connectivity index is 1.43. The van der Waals surface area contributed by atoms with Crippen molar-refractivity contribution in [1.82, 2.24) is 14.7 Å². The van der Waals surface area contributed by atoms with Crippen LogP contribution in [0.1, 0.15) is 24.1 Å². The molecule has 0 unspecified atom stereocenters. The molecule has 0 aliphatic carbocycles. The number of aromatic nitrogens is 2. The molecule has 2 heterocycles. The Morgan fingerprint density at radius 2 is 2.08 bits per heavy atom. The maximum Gasteiger partial charge on any atom is 0.303 e. The van der Waals surface area contributed by atoms with E-state index in [9.17, 15) is 9.59 Å². The van der Waals surface area contributed by atoms with Crippen molar-refractivity contribution in [3.63, 3.8) is 0 Å². The van der Waals surface area contributed by atoms with Gasteiger partial charge < -0.3 is 15.2 Å².